The highest BCUT2D eigenvalue weighted by molar-refractivity contribution is 5.79. The molecule has 4 heterocycles. The van der Waals surface area contributed by atoms with Crippen LogP contribution < -0.4 is 10.2 Å². The summed E-state index contributed by atoms with van der Waals surface area (Å²) in [5, 5.41) is 23.1. The number of halogens is 3. The summed E-state index contributed by atoms with van der Waals surface area (Å²) in [6, 6.07) is 1.20. The van der Waals surface area contributed by atoms with E-state index in [1.54, 1.807) is 19.2 Å². The normalized spacial score (nSPS) is 18.4. The van der Waals surface area contributed by atoms with Crippen LogP contribution in [-0.4, -0.2) is 59.6 Å². The zero-order valence-electron chi connectivity index (χ0n) is 18.5. The molecule has 0 aromatic carbocycles. The van der Waals surface area contributed by atoms with E-state index in [2.05, 4.69) is 25.3 Å². The van der Waals surface area contributed by atoms with Gasteiger partial charge in [0.1, 0.15) is 35.1 Å². The molecule has 9 nitrogen and oxygen atoms in total. The molecule has 1 aliphatic heterocycles. The number of aromatic nitrogens is 5. The Balaban J connectivity index is 1.64. The van der Waals surface area contributed by atoms with Crippen molar-refractivity contribution in [3.05, 3.63) is 30.4 Å². The number of nitrogens with zero attached hydrogens (tertiary/aromatic N) is 6. The maximum Gasteiger partial charge on any atom is 0.408 e. The first-order valence-electron chi connectivity index (χ1n) is 10.6. The maximum atomic E-state index is 13.5. The van der Waals surface area contributed by atoms with Gasteiger partial charge in [-0.2, -0.15) is 18.2 Å². The number of aliphatic hydroxyl groups is 2. The third kappa shape index (κ3) is 4.86. The third-order valence-electron chi connectivity index (χ3n) is 5.86. The molecule has 0 radical (unpaired) electrons. The van der Waals surface area contributed by atoms with E-state index in [-0.39, 0.29) is 22.7 Å². The van der Waals surface area contributed by atoms with Crippen LogP contribution in [0, 0.1) is 0 Å². The molecular weight excluding hydrogens is 439 g/mol. The van der Waals surface area contributed by atoms with Gasteiger partial charge in [0.05, 0.1) is 17.3 Å². The summed E-state index contributed by atoms with van der Waals surface area (Å²) in [5.41, 5.74) is -0.260. The van der Waals surface area contributed by atoms with Crippen molar-refractivity contribution in [2.45, 2.75) is 57.5 Å². The molecule has 0 saturated carbocycles. The van der Waals surface area contributed by atoms with Crippen molar-refractivity contribution in [1.82, 2.24) is 24.5 Å². The van der Waals surface area contributed by atoms with Crippen LogP contribution in [0.2, 0.25) is 0 Å². The zero-order valence-corrected chi connectivity index (χ0v) is 18.5. The first kappa shape index (κ1) is 23.2. The van der Waals surface area contributed by atoms with Gasteiger partial charge in [0.15, 0.2) is 0 Å². The van der Waals surface area contributed by atoms with E-state index in [4.69, 9.17) is 0 Å². The quantitative estimate of drug-likeness (QED) is 0.525. The molecule has 0 aliphatic carbocycles. The standard InChI is InChI=1S/C21H26F3N7O2/c1-12(32)18-27-14-11-26-17(10-15(14)31(18)13(2)21(22,23)24)28-16-4-7-25-19(29-16)30-8-5-20(3,33)6-9-30/h4,7,10-13,32-33H,5-6,8-9H2,1-3H3,(H,25,26,28,29)/t12-,13+/m1/s1. The Hall–Kier alpha value is -2.99. The van der Waals surface area contributed by atoms with E-state index in [1.165, 1.54) is 19.2 Å². The molecule has 3 N–H and O–H groups in total. The molecule has 0 unspecified atom stereocenters. The molecule has 2 atom stereocenters. The van der Waals surface area contributed by atoms with Gasteiger partial charge in [0.25, 0.3) is 0 Å². The summed E-state index contributed by atoms with van der Waals surface area (Å²) >= 11 is 0. The average Bonchev–Trinajstić information content (AvgIpc) is 3.11. The number of hydrogen-bond donors (Lipinski definition) is 3. The van der Waals surface area contributed by atoms with Crippen molar-refractivity contribution in [3.63, 3.8) is 0 Å². The first-order chi connectivity index (χ1) is 15.4. The molecule has 3 aromatic rings. The second kappa shape index (κ2) is 8.41. The van der Waals surface area contributed by atoms with Gasteiger partial charge in [0.2, 0.25) is 5.95 Å². The molecule has 1 fully saturated rings. The summed E-state index contributed by atoms with van der Waals surface area (Å²) in [7, 11) is 0. The first-order valence-corrected chi connectivity index (χ1v) is 10.6. The van der Waals surface area contributed by atoms with Crippen LogP contribution in [-0.2, 0) is 0 Å². The Morgan fingerprint density at radius 2 is 1.82 bits per heavy atom. The highest BCUT2D eigenvalue weighted by atomic mass is 19.4. The second-order valence-corrected chi connectivity index (χ2v) is 8.64. The summed E-state index contributed by atoms with van der Waals surface area (Å²) in [6.07, 6.45) is -1.57. The number of aliphatic hydroxyl groups excluding tert-OH is 1. The van der Waals surface area contributed by atoms with E-state index in [1.807, 2.05) is 4.90 Å². The summed E-state index contributed by atoms with van der Waals surface area (Å²) in [5.74, 6) is 1.11. The predicted molar refractivity (Wildman–Crippen MR) is 116 cm³/mol. The van der Waals surface area contributed by atoms with Crippen molar-refractivity contribution in [2.75, 3.05) is 23.3 Å². The summed E-state index contributed by atoms with van der Waals surface area (Å²) in [6.45, 7) is 5.41. The number of nitrogens with one attached hydrogen (secondary N) is 1. The highest BCUT2D eigenvalue weighted by Crippen LogP contribution is 2.36. The lowest BCUT2D eigenvalue weighted by molar-refractivity contribution is -0.163. The molecule has 1 saturated heterocycles. The Kier molecular flexibility index (Phi) is 5.91. The largest absolute Gasteiger partial charge is 0.408 e. The minimum Gasteiger partial charge on any atom is -0.390 e. The molecule has 178 valence electrons. The Bertz CT molecular complexity index is 1140. The Labute approximate surface area is 188 Å². The average molecular weight is 465 g/mol. The molecule has 0 spiro atoms. The van der Waals surface area contributed by atoms with Gasteiger partial charge < -0.3 is 25.0 Å². The van der Waals surface area contributed by atoms with Crippen LogP contribution in [0.25, 0.3) is 11.0 Å². The monoisotopic (exact) mass is 465 g/mol. The molecule has 0 bridgehead atoms. The molecule has 0 amide bonds. The Morgan fingerprint density at radius 3 is 2.45 bits per heavy atom. The van der Waals surface area contributed by atoms with Crippen molar-refractivity contribution in [1.29, 1.82) is 0 Å². The second-order valence-electron chi connectivity index (χ2n) is 8.64. The lowest BCUT2D eigenvalue weighted by Crippen LogP contribution is -2.43. The van der Waals surface area contributed by atoms with Crippen LogP contribution in [0.3, 0.4) is 0 Å². The van der Waals surface area contributed by atoms with Crippen LogP contribution in [0.5, 0.6) is 0 Å². The van der Waals surface area contributed by atoms with Crippen LogP contribution in [0.1, 0.15) is 51.6 Å². The van der Waals surface area contributed by atoms with Gasteiger partial charge in [0, 0.05) is 25.4 Å². The van der Waals surface area contributed by atoms with Crippen LogP contribution >= 0.6 is 0 Å². The molecule has 4 rings (SSSR count). The molecule has 12 heteroatoms. The number of rotatable bonds is 5. The summed E-state index contributed by atoms with van der Waals surface area (Å²) in [4.78, 5) is 19.1. The topological polar surface area (TPSA) is 112 Å². The van der Waals surface area contributed by atoms with Gasteiger partial charge >= 0.3 is 6.18 Å². The molecule has 1 aliphatic rings. The minimum atomic E-state index is -4.52. The van der Waals surface area contributed by atoms with E-state index < -0.39 is 23.9 Å². The number of anilines is 3. The van der Waals surface area contributed by atoms with E-state index in [9.17, 15) is 23.4 Å². The van der Waals surface area contributed by atoms with E-state index >= 15 is 0 Å². The number of pyridine rings is 1. The molecule has 33 heavy (non-hydrogen) atoms. The smallest absolute Gasteiger partial charge is 0.390 e. The number of hydrogen-bond acceptors (Lipinski definition) is 8. The number of piperidine rings is 1. The number of alkyl halides is 3. The predicted octanol–water partition coefficient (Wildman–Crippen LogP) is 3.49. The molecule has 3 aromatic heterocycles. The lowest BCUT2D eigenvalue weighted by atomic mass is 9.94. The van der Waals surface area contributed by atoms with Gasteiger partial charge in [-0.25, -0.2) is 15.0 Å². The maximum absolute atomic E-state index is 13.5. The van der Waals surface area contributed by atoms with Crippen molar-refractivity contribution in [2.24, 2.45) is 0 Å². The van der Waals surface area contributed by atoms with Gasteiger partial charge in [-0.1, -0.05) is 0 Å². The summed E-state index contributed by atoms with van der Waals surface area (Å²) < 4.78 is 41.5. The zero-order chi connectivity index (χ0) is 24.0. The fourth-order valence-electron chi connectivity index (χ4n) is 3.82. The van der Waals surface area contributed by atoms with Gasteiger partial charge in [-0.3, -0.25) is 0 Å². The molecular formula is C21H26F3N7O2. The number of fused-ring (bicyclic) bond motifs is 1. The van der Waals surface area contributed by atoms with Crippen LogP contribution in [0.15, 0.2) is 24.5 Å². The fourth-order valence-corrected chi connectivity index (χ4v) is 3.82. The van der Waals surface area contributed by atoms with Gasteiger partial charge in [-0.15, -0.1) is 0 Å². The fraction of sp³-hybridized carbons (Fsp3) is 0.524. The van der Waals surface area contributed by atoms with Crippen LogP contribution in [0.4, 0.5) is 30.8 Å². The van der Waals surface area contributed by atoms with E-state index in [0.29, 0.717) is 37.7 Å². The lowest BCUT2D eigenvalue weighted by Gasteiger charge is -2.35. The van der Waals surface area contributed by atoms with Crippen molar-refractivity contribution in [3.8, 4) is 0 Å². The minimum absolute atomic E-state index is 0.0842. The van der Waals surface area contributed by atoms with E-state index in [0.717, 1.165) is 11.5 Å². The van der Waals surface area contributed by atoms with Crippen molar-refractivity contribution < 1.29 is 23.4 Å². The SMILES string of the molecule is C[C@H](n1c([C@@H](C)O)nc2cnc(Nc3ccnc(N4CCC(C)(O)CC4)n3)cc21)C(F)(F)F. The number of imidazole rings is 1. The van der Waals surface area contributed by atoms with Crippen molar-refractivity contribution >= 4 is 28.6 Å². The highest BCUT2D eigenvalue weighted by Gasteiger charge is 2.40. The third-order valence-corrected chi connectivity index (χ3v) is 5.86. The Morgan fingerprint density at radius 1 is 1.12 bits per heavy atom. The van der Waals surface area contributed by atoms with Gasteiger partial charge in [-0.05, 0) is 39.7 Å².